The molecule has 8 amide bonds. The van der Waals surface area contributed by atoms with Gasteiger partial charge in [0, 0.05) is 41.6 Å². The van der Waals surface area contributed by atoms with Gasteiger partial charge >= 0.3 is 24.1 Å². The Morgan fingerprint density at radius 2 is 1.40 bits per heavy atom. The van der Waals surface area contributed by atoms with Gasteiger partial charge in [-0.3, -0.25) is 33.6 Å². The summed E-state index contributed by atoms with van der Waals surface area (Å²) in [6.45, 7) is 11.8. The number of carbonyl (C=O) groups is 10. The van der Waals surface area contributed by atoms with Crippen LogP contribution < -0.4 is 37.2 Å². The minimum atomic E-state index is -1.42. The highest BCUT2D eigenvalue weighted by Crippen LogP contribution is 2.23. The molecule has 6 atom stereocenters. The Labute approximate surface area is 484 Å². The zero-order valence-electron chi connectivity index (χ0n) is 47.7. The summed E-state index contributed by atoms with van der Waals surface area (Å²) in [6, 6.07) is 7.29. The highest BCUT2D eigenvalue weighted by molar-refractivity contribution is 7.98. The highest BCUT2D eigenvalue weighted by Gasteiger charge is 2.38. The fourth-order valence-electron chi connectivity index (χ4n) is 9.00. The molecule has 1 aliphatic heterocycles. The summed E-state index contributed by atoms with van der Waals surface area (Å²) in [5.74, 6) is -6.05. The number of halogens is 1. The number of nitrogens with zero attached hydrogens (tertiary/aromatic N) is 1. The van der Waals surface area contributed by atoms with Crippen molar-refractivity contribution in [3.8, 4) is 0 Å². The van der Waals surface area contributed by atoms with E-state index in [4.69, 9.17) is 25.8 Å². The van der Waals surface area contributed by atoms with E-state index in [0.717, 1.165) is 30.4 Å². The maximum Gasteiger partial charge on any atom is 0.408 e. The molecule has 22 nitrogen and oxygen atoms in total. The van der Waals surface area contributed by atoms with Crippen LogP contribution in [0.4, 0.5) is 9.59 Å². The highest BCUT2D eigenvalue weighted by atomic mass is 35.5. The molecule has 0 bridgehead atoms. The Balaban J connectivity index is 1.44. The largest absolute Gasteiger partial charge is 0.480 e. The SMILES string of the molecule is Cc1ccc(CSC[C@H](NC(=O)[C@H](CC(C)C)NC(=O)[C@H](CCC(=O)OC2CCCCC2)NC(=O)CNC(=O)[C@@H]2CCCN2C(=O)[C@@H](C)NC(=O)OC(C)(C)C)C(=O)N[C@@H](CCCCNC(=O)OCc2ccccc2Cl)C(=O)O)cc1. The van der Waals surface area contributed by atoms with Crippen LogP contribution in [0.3, 0.4) is 0 Å². The first-order valence-corrected chi connectivity index (χ1v) is 29.4. The Morgan fingerprint density at radius 3 is 2.06 bits per heavy atom. The van der Waals surface area contributed by atoms with Crippen LogP contribution in [0, 0.1) is 12.8 Å². The molecule has 448 valence electrons. The predicted octanol–water partition coefficient (Wildman–Crippen LogP) is 5.72. The number of rotatable bonds is 30. The number of aliphatic carboxylic acids is 1. The number of likely N-dealkylation sites (tertiary alicyclic amines) is 1. The van der Waals surface area contributed by atoms with E-state index in [1.165, 1.54) is 23.6 Å². The third-order valence-electron chi connectivity index (χ3n) is 13.3. The van der Waals surface area contributed by atoms with Gasteiger partial charge in [-0.05, 0) is 123 Å². The summed E-state index contributed by atoms with van der Waals surface area (Å²) in [7, 11) is 0. The Morgan fingerprint density at radius 1 is 0.741 bits per heavy atom. The third-order valence-corrected chi connectivity index (χ3v) is 14.7. The van der Waals surface area contributed by atoms with E-state index < -0.39 is 108 Å². The second-order valence-corrected chi connectivity index (χ2v) is 23.4. The van der Waals surface area contributed by atoms with E-state index in [0.29, 0.717) is 42.0 Å². The first kappa shape index (κ1) is 66.9. The van der Waals surface area contributed by atoms with Crippen molar-refractivity contribution in [1.82, 2.24) is 42.1 Å². The summed E-state index contributed by atoms with van der Waals surface area (Å²) < 4.78 is 16.2. The molecule has 0 unspecified atom stereocenters. The summed E-state index contributed by atoms with van der Waals surface area (Å²) in [5, 5.41) is 28.9. The fourth-order valence-corrected chi connectivity index (χ4v) is 10.2. The summed E-state index contributed by atoms with van der Waals surface area (Å²) in [4.78, 5) is 135. The molecule has 1 aliphatic carbocycles. The van der Waals surface area contributed by atoms with Crippen molar-refractivity contribution in [2.24, 2.45) is 5.92 Å². The molecule has 24 heteroatoms. The number of carboxylic acid groups (broad SMARTS) is 1. The Hall–Kier alpha value is -6.62. The quantitative estimate of drug-likeness (QED) is 0.0263. The number of amides is 8. The summed E-state index contributed by atoms with van der Waals surface area (Å²) in [6.07, 6.45) is 3.37. The molecule has 1 saturated carbocycles. The van der Waals surface area contributed by atoms with Crippen molar-refractivity contribution in [1.29, 1.82) is 0 Å². The average molecular weight is 1170 g/mol. The molecule has 1 heterocycles. The number of ether oxygens (including phenoxy) is 3. The molecule has 0 radical (unpaired) electrons. The molecule has 0 spiro atoms. The van der Waals surface area contributed by atoms with Crippen LogP contribution in [-0.2, 0) is 64.9 Å². The number of nitrogens with one attached hydrogen (secondary N) is 7. The molecule has 2 aromatic rings. The first-order valence-electron chi connectivity index (χ1n) is 27.9. The van der Waals surface area contributed by atoms with Crippen molar-refractivity contribution in [3.63, 3.8) is 0 Å². The zero-order valence-corrected chi connectivity index (χ0v) is 49.2. The van der Waals surface area contributed by atoms with Crippen LogP contribution in [0.2, 0.25) is 5.02 Å². The number of esters is 1. The maximum atomic E-state index is 14.4. The van der Waals surface area contributed by atoms with Crippen LogP contribution in [0.15, 0.2) is 48.5 Å². The molecule has 81 heavy (non-hydrogen) atoms. The van der Waals surface area contributed by atoms with E-state index in [9.17, 15) is 53.1 Å². The molecule has 0 aromatic heterocycles. The van der Waals surface area contributed by atoms with Crippen LogP contribution in [0.5, 0.6) is 0 Å². The van der Waals surface area contributed by atoms with E-state index in [1.807, 2.05) is 45.0 Å². The second-order valence-electron chi connectivity index (χ2n) is 21.9. The van der Waals surface area contributed by atoms with Crippen molar-refractivity contribution in [3.05, 3.63) is 70.2 Å². The molecule has 4 rings (SSSR count). The van der Waals surface area contributed by atoms with Gasteiger partial charge in [0.1, 0.15) is 54.6 Å². The van der Waals surface area contributed by atoms with E-state index in [2.05, 4.69) is 37.2 Å². The molecule has 1 saturated heterocycles. The summed E-state index contributed by atoms with van der Waals surface area (Å²) in [5.41, 5.74) is 1.81. The lowest BCUT2D eigenvalue weighted by atomic mass is 9.98. The maximum absolute atomic E-state index is 14.4. The number of unbranched alkanes of at least 4 members (excludes halogenated alkanes) is 1. The molecule has 2 aromatic carbocycles. The lowest BCUT2D eigenvalue weighted by Crippen LogP contribution is -2.59. The van der Waals surface area contributed by atoms with Crippen LogP contribution in [0.1, 0.15) is 142 Å². The fraction of sp³-hybridized carbons (Fsp3) is 0.614. The van der Waals surface area contributed by atoms with Gasteiger partial charge in [-0.2, -0.15) is 11.8 Å². The number of hydrogen-bond donors (Lipinski definition) is 8. The molecular weight excluding hydrogens is 1090 g/mol. The van der Waals surface area contributed by atoms with E-state index in [-0.39, 0.29) is 76.0 Å². The van der Waals surface area contributed by atoms with Gasteiger partial charge in [-0.15, -0.1) is 0 Å². The van der Waals surface area contributed by atoms with Crippen molar-refractivity contribution in [2.75, 3.05) is 25.4 Å². The Kier molecular flexibility index (Phi) is 28.1. The zero-order chi connectivity index (χ0) is 59.6. The average Bonchev–Trinajstić information content (AvgIpc) is 3.92. The Bertz CT molecular complexity index is 2450. The number of aryl methyl sites for hydroxylation is 1. The van der Waals surface area contributed by atoms with Gasteiger partial charge in [0.2, 0.25) is 35.4 Å². The van der Waals surface area contributed by atoms with Gasteiger partial charge in [0.25, 0.3) is 0 Å². The number of carbonyl (C=O) groups excluding carboxylic acids is 9. The van der Waals surface area contributed by atoms with E-state index in [1.54, 1.807) is 45.0 Å². The van der Waals surface area contributed by atoms with Gasteiger partial charge in [-0.25, -0.2) is 14.4 Å². The number of carboxylic acids is 1. The normalized spacial score (nSPS) is 16.3. The molecule has 2 fully saturated rings. The molecule has 8 N–H and O–H groups in total. The van der Waals surface area contributed by atoms with Gasteiger partial charge < -0.3 is 61.4 Å². The van der Waals surface area contributed by atoms with Gasteiger partial charge in [0.15, 0.2) is 0 Å². The standard InChI is InChI=1S/C57H83ClN8O14S/c1-35(2)30-44(50(70)65-45(34-81-33-38-24-22-36(3)23-25-38)51(71)63-43(54(74)75)20-13-14-28-59-55(76)78-32-39-16-11-12-19-41(39)58)64-49(69)42(26-27-48(68)79-40-17-9-8-10-18-40)62-47(67)31-60-52(72)46-21-15-29-66(46)53(73)37(4)61-56(77)80-57(5,6)7/h11-12,16,19,22-25,35,37,40,42-46H,8-10,13-15,17-18,20-21,26-34H2,1-7H3,(H,59,76)(H,60,72)(H,61,77)(H,62,67)(H,63,71)(H,64,69)(H,65,70)(H,74,75)/t37-,42+,43+,44+,45+,46+/m1/s1. The topological polar surface area (TPSA) is 306 Å². The number of thioether (sulfide) groups is 1. The van der Waals surface area contributed by atoms with Crippen molar-refractivity contribution >= 4 is 82.9 Å². The first-order chi connectivity index (χ1) is 38.4. The number of hydrogen-bond acceptors (Lipinski definition) is 14. The minimum absolute atomic E-state index is 0.00262. The number of alkyl carbamates (subject to hydrolysis) is 2. The lowest BCUT2D eigenvalue weighted by molar-refractivity contribution is -0.151. The van der Waals surface area contributed by atoms with Crippen molar-refractivity contribution < 1.29 is 67.3 Å². The lowest BCUT2D eigenvalue weighted by Gasteiger charge is -2.28. The van der Waals surface area contributed by atoms with Gasteiger partial charge in [-0.1, -0.05) is 79.9 Å². The molecular formula is C57H83ClN8O14S. The minimum Gasteiger partial charge on any atom is -0.480 e. The third kappa shape index (κ3) is 25.0. The molecule has 2 aliphatic rings. The predicted molar refractivity (Wildman–Crippen MR) is 304 cm³/mol. The van der Waals surface area contributed by atoms with Gasteiger partial charge in [0.05, 0.1) is 6.54 Å². The van der Waals surface area contributed by atoms with Crippen LogP contribution in [-0.4, -0.2) is 143 Å². The van der Waals surface area contributed by atoms with Crippen LogP contribution in [0.25, 0.3) is 0 Å². The number of benzene rings is 2. The second kappa shape index (κ2) is 34.0. The van der Waals surface area contributed by atoms with E-state index >= 15 is 0 Å². The van der Waals surface area contributed by atoms with Crippen molar-refractivity contribution in [2.45, 2.75) is 192 Å². The summed E-state index contributed by atoms with van der Waals surface area (Å²) >= 11 is 7.46. The van der Waals surface area contributed by atoms with Crippen LogP contribution >= 0.6 is 23.4 Å². The monoisotopic (exact) mass is 1170 g/mol. The smallest absolute Gasteiger partial charge is 0.408 e.